The largest absolute Gasteiger partial charge is 0.460 e. The lowest BCUT2D eigenvalue weighted by Crippen LogP contribution is -2.51. The average Bonchev–Trinajstić information content (AvgIpc) is 2.95. The van der Waals surface area contributed by atoms with E-state index in [4.69, 9.17) is 18.9 Å². The Balaban J connectivity index is 1.85. The number of alkyl carbamates (subject to hydrolysis) is 1. The summed E-state index contributed by atoms with van der Waals surface area (Å²) in [4.78, 5) is 25.4. The third kappa shape index (κ3) is 14.1. The first-order valence-electron chi connectivity index (χ1n) is 16.1. The van der Waals surface area contributed by atoms with Crippen molar-refractivity contribution in [3.63, 3.8) is 0 Å². The van der Waals surface area contributed by atoms with Crippen molar-refractivity contribution in [2.24, 2.45) is 11.8 Å². The van der Waals surface area contributed by atoms with Crippen LogP contribution in [0.5, 0.6) is 0 Å². The SMILES string of the molecule is CCCCCCCCCCCCC[C@@H](OC(=O)[C@H](C)NC(=O)OCc1ccccc1)[C@H](C)[C@H]1OC(C)(C)OC[C@@H]1C. The average molecular weight is 576 g/mol. The van der Waals surface area contributed by atoms with Crippen LogP contribution in [0.3, 0.4) is 0 Å². The summed E-state index contributed by atoms with van der Waals surface area (Å²) in [5.74, 6) is -0.966. The van der Waals surface area contributed by atoms with Gasteiger partial charge in [-0.05, 0) is 39.2 Å². The van der Waals surface area contributed by atoms with Crippen molar-refractivity contribution < 1.29 is 28.5 Å². The number of esters is 1. The minimum absolute atomic E-state index is 0.0162. The molecule has 7 nitrogen and oxygen atoms in total. The molecule has 1 aliphatic rings. The van der Waals surface area contributed by atoms with E-state index in [1.165, 1.54) is 57.8 Å². The van der Waals surface area contributed by atoms with Gasteiger partial charge in [0.2, 0.25) is 0 Å². The molecule has 1 aromatic carbocycles. The highest BCUT2D eigenvalue weighted by Gasteiger charge is 2.41. The molecule has 1 N–H and O–H groups in total. The first-order chi connectivity index (χ1) is 19.6. The fourth-order valence-electron chi connectivity index (χ4n) is 5.43. The predicted octanol–water partition coefficient (Wildman–Crippen LogP) is 8.34. The van der Waals surface area contributed by atoms with Crippen LogP contribution < -0.4 is 5.32 Å². The highest BCUT2D eigenvalue weighted by atomic mass is 16.7. The molecule has 0 spiro atoms. The van der Waals surface area contributed by atoms with Crippen LogP contribution in [-0.4, -0.2) is 42.7 Å². The fourth-order valence-corrected chi connectivity index (χ4v) is 5.43. The van der Waals surface area contributed by atoms with Gasteiger partial charge in [0.25, 0.3) is 0 Å². The fraction of sp³-hybridized carbons (Fsp3) is 0.765. The molecule has 5 atom stereocenters. The Morgan fingerprint density at radius 2 is 1.54 bits per heavy atom. The molecule has 1 amide bonds. The highest BCUT2D eigenvalue weighted by molar-refractivity contribution is 5.81. The van der Waals surface area contributed by atoms with Crippen LogP contribution in [0.25, 0.3) is 0 Å². The van der Waals surface area contributed by atoms with Gasteiger partial charge < -0.3 is 24.3 Å². The molecule has 1 aliphatic heterocycles. The predicted molar refractivity (Wildman–Crippen MR) is 163 cm³/mol. The van der Waals surface area contributed by atoms with Gasteiger partial charge in [0, 0.05) is 11.8 Å². The molecule has 0 aromatic heterocycles. The summed E-state index contributed by atoms with van der Waals surface area (Å²) in [6.45, 7) is 12.7. The number of nitrogens with one attached hydrogen (secondary N) is 1. The zero-order valence-corrected chi connectivity index (χ0v) is 26.6. The number of ether oxygens (including phenoxy) is 4. The molecule has 0 saturated carbocycles. The topological polar surface area (TPSA) is 83.1 Å². The first kappa shape index (κ1) is 35.1. The van der Waals surface area contributed by atoms with Gasteiger partial charge >= 0.3 is 12.1 Å². The molecule has 1 heterocycles. The Morgan fingerprint density at radius 1 is 0.951 bits per heavy atom. The zero-order chi connectivity index (χ0) is 30.1. The molecule has 234 valence electrons. The van der Waals surface area contributed by atoms with Crippen molar-refractivity contribution in [3.05, 3.63) is 35.9 Å². The number of benzene rings is 1. The van der Waals surface area contributed by atoms with Gasteiger partial charge in [0.1, 0.15) is 18.8 Å². The van der Waals surface area contributed by atoms with E-state index in [9.17, 15) is 9.59 Å². The minimum atomic E-state index is -0.824. The molecule has 1 saturated heterocycles. The van der Waals surface area contributed by atoms with Crippen molar-refractivity contribution in [2.75, 3.05) is 6.61 Å². The van der Waals surface area contributed by atoms with E-state index < -0.39 is 23.9 Å². The lowest BCUT2D eigenvalue weighted by molar-refractivity contribution is -0.304. The van der Waals surface area contributed by atoms with E-state index in [1.807, 2.05) is 44.2 Å². The molecule has 2 rings (SSSR count). The molecule has 0 aliphatic carbocycles. The molecule has 1 fully saturated rings. The summed E-state index contributed by atoms with van der Waals surface area (Å²) in [6.07, 6.45) is 13.6. The number of hydrogen-bond donors (Lipinski definition) is 1. The van der Waals surface area contributed by atoms with Crippen LogP contribution in [0, 0.1) is 11.8 Å². The van der Waals surface area contributed by atoms with E-state index in [0.717, 1.165) is 24.8 Å². The smallest absolute Gasteiger partial charge is 0.408 e. The molecular weight excluding hydrogens is 518 g/mol. The third-order valence-corrected chi connectivity index (χ3v) is 8.04. The van der Waals surface area contributed by atoms with Crippen molar-refractivity contribution in [2.45, 2.75) is 149 Å². The standard InChI is InChI=1S/C34H57NO6/c1-7-8-9-10-11-12-13-14-15-16-20-23-30(27(3)31-26(2)24-39-34(5,6)41-31)40-32(36)28(4)35-33(37)38-25-29-21-18-17-19-22-29/h17-19,21-22,26-28,30-31H,7-16,20,23-25H2,1-6H3,(H,35,37)/t26-,27-,28-,30+,31-/m0/s1. The molecule has 0 radical (unpaired) electrons. The Kier molecular flexibility index (Phi) is 16.4. The van der Waals surface area contributed by atoms with Crippen LogP contribution in [0.4, 0.5) is 4.79 Å². The van der Waals surface area contributed by atoms with Crippen molar-refractivity contribution >= 4 is 12.1 Å². The van der Waals surface area contributed by atoms with Crippen molar-refractivity contribution in [1.29, 1.82) is 0 Å². The van der Waals surface area contributed by atoms with Crippen LogP contribution >= 0.6 is 0 Å². The van der Waals surface area contributed by atoms with Crippen LogP contribution in [0.2, 0.25) is 0 Å². The van der Waals surface area contributed by atoms with Gasteiger partial charge in [-0.15, -0.1) is 0 Å². The number of carbonyl (C=O) groups is 2. The Bertz CT molecular complexity index is 860. The van der Waals surface area contributed by atoms with Gasteiger partial charge in [-0.1, -0.05) is 115 Å². The van der Waals surface area contributed by atoms with E-state index in [1.54, 1.807) is 6.92 Å². The van der Waals surface area contributed by atoms with Gasteiger partial charge in [-0.3, -0.25) is 0 Å². The van der Waals surface area contributed by atoms with Gasteiger partial charge in [0.15, 0.2) is 5.79 Å². The van der Waals surface area contributed by atoms with Crippen molar-refractivity contribution in [3.8, 4) is 0 Å². The van der Waals surface area contributed by atoms with Gasteiger partial charge in [-0.25, -0.2) is 9.59 Å². The number of unbranched alkanes of at least 4 members (excludes halogenated alkanes) is 10. The second-order valence-electron chi connectivity index (χ2n) is 12.4. The second-order valence-corrected chi connectivity index (χ2v) is 12.4. The normalized spacial score (nSPS) is 20.5. The van der Waals surface area contributed by atoms with E-state index >= 15 is 0 Å². The summed E-state index contributed by atoms with van der Waals surface area (Å²) in [5, 5.41) is 2.62. The number of carbonyl (C=O) groups excluding carboxylic acids is 2. The maximum absolute atomic E-state index is 13.1. The van der Waals surface area contributed by atoms with E-state index in [2.05, 4.69) is 26.1 Å². The number of amides is 1. The lowest BCUT2D eigenvalue weighted by Gasteiger charge is -2.44. The quantitative estimate of drug-likeness (QED) is 0.132. The maximum Gasteiger partial charge on any atom is 0.408 e. The van der Waals surface area contributed by atoms with Gasteiger partial charge in [-0.2, -0.15) is 0 Å². The summed E-state index contributed by atoms with van der Waals surface area (Å²) < 4.78 is 23.5. The number of hydrogen-bond acceptors (Lipinski definition) is 6. The lowest BCUT2D eigenvalue weighted by atomic mass is 9.86. The van der Waals surface area contributed by atoms with Crippen LogP contribution in [-0.2, 0) is 30.3 Å². The summed E-state index contributed by atoms with van der Waals surface area (Å²) in [5.41, 5.74) is 0.882. The Morgan fingerprint density at radius 3 is 2.15 bits per heavy atom. The third-order valence-electron chi connectivity index (χ3n) is 8.04. The van der Waals surface area contributed by atoms with Gasteiger partial charge in [0.05, 0.1) is 12.7 Å². The molecule has 7 heteroatoms. The van der Waals surface area contributed by atoms with E-state index in [-0.39, 0.29) is 30.7 Å². The molecule has 1 aromatic rings. The Hall–Kier alpha value is -2.12. The number of rotatable bonds is 19. The highest BCUT2D eigenvalue weighted by Crippen LogP contribution is 2.33. The Labute approximate surface area is 249 Å². The summed E-state index contributed by atoms with van der Waals surface area (Å²) >= 11 is 0. The van der Waals surface area contributed by atoms with E-state index in [0.29, 0.717) is 6.61 Å². The molecule has 41 heavy (non-hydrogen) atoms. The summed E-state index contributed by atoms with van der Waals surface area (Å²) in [7, 11) is 0. The molecular formula is C34H57NO6. The molecule has 0 unspecified atom stereocenters. The monoisotopic (exact) mass is 575 g/mol. The van der Waals surface area contributed by atoms with Crippen LogP contribution in [0.15, 0.2) is 30.3 Å². The molecule has 0 bridgehead atoms. The maximum atomic E-state index is 13.1. The zero-order valence-electron chi connectivity index (χ0n) is 26.6. The minimum Gasteiger partial charge on any atom is -0.460 e. The summed E-state index contributed by atoms with van der Waals surface area (Å²) in [6, 6.07) is 8.62. The first-order valence-corrected chi connectivity index (χ1v) is 16.1. The van der Waals surface area contributed by atoms with Crippen LogP contribution in [0.1, 0.15) is 124 Å². The second kappa shape index (κ2) is 19.1. The van der Waals surface area contributed by atoms with Crippen molar-refractivity contribution in [1.82, 2.24) is 5.32 Å².